The minimum atomic E-state index is -0.573. The zero-order valence-corrected chi connectivity index (χ0v) is 17.9. The Kier molecular flexibility index (Phi) is 6.23. The smallest absolute Gasteiger partial charge is 0.326 e. The van der Waals surface area contributed by atoms with Crippen molar-refractivity contribution in [3.05, 3.63) is 78.8 Å². The fourth-order valence-corrected chi connectivity index (χ4v) is 3.78. The normalized spacial score (nSPS) is 18.2. The number of morpholine rings is 1. The molecule has 2 N–H and O–H groups in total. The molecule has 1 aliphatic rings. The zero-order chi connectivity index (χ0) is 22.5. The van der Waals surface area contributed by atoms with Gasteiger partial charge in [0.2, 0.25) is 5.95 Å². The van der Waals surface area contributed by atoms with Crippen molar-refractivity contribution in [2.24, 2.45) is 0 Å². The van der Waals surface area contributed by atoms with Gasteiger partial charge in [0.15, 0.2) is 0 Å². The van der Waals surface area contributed by atoms with Crippen LogP contribution in [0.15, 0.2) is 73.2 Å². The number of nitrogens with zero attached hydrogens (tertiary/aromatic N) is 4. The number of fused-ring (bicyclic) bond motifs is 1. The van der Waals surface area contributed by atoms with Gasteiger partial charge in [-0.2, -0.15) is 4.98 Å². The molecule has 5 rings (SSSR count). The first kappa shape index (κ1) is 21.0. The second-order valence-electron chi connectivity index (χ2n) is 7.66. The fourth-order valence-electron chi connectivity index (χ4n) is 3.78. The standard InChI is InChI=1S/C24H24N6O3/c31-23(33-15-17-6-2-1-3-7-17)22-20(32-13-12-25-22)14-27-24-26-11-10-21(29-24)30-16-28-18-8-4-5-9-19(18)30/h1-11,16,20,22,25H,12-15H2,(H,26,27,29). The van der Waals surface area contributed by atoms with E-state index in [1.165, 1.54) is 0 Å². The topological polar surface area (TPSA) is 103 Å². The minimum Gasteiger partial charge on any atom is -0.460 e. The Morgan fingerprint density at radius 3 is 2.88 bits per heavy atom. The number of ether oxygens (including phenoxy) is 2. The van der Waals surface area contributed by atoms with Crippen molar-refractivity contribution in [1.82, 2.24) is 24.8 Å². The van der Waals surface area contributed by atoms with Gasteiger partial charge in [-0.25, -0.2) is 9.97 Å². The highest BCUT2D eigenvalue weighted by atomic mass is 16.5. The maximum Gasteiger partial charge on any atom is 0.326 e. The van der Waals surface area contributed by atoms with Crippen LogP contribution in [0.4, 0.5) is 5.95 Å². The van der Waals surface area contributed by atoms with E-state index in [2.05, 4.69) is 25.6 Å². The number of hydrogen-bond donors (Lipinski definition) is 2. The first-order valence-electron chi connectivity index (χ1n) is 10.8. The van der Waals surface area contributed by atoms with E-state index in [9.17, 15) is 4.79 Å². The number of rotatable bonds is 7. The highest BCUT2D eigenvalue weighted by molar-refractivity contribution is 5.77. The lowest BCUT2D eigenvalue weighted by Gasteiger charge is -2.31. The van der Waals surface area contributed by atoms with Gasteiger partial charge in [0.25, 0.3) is 0 Å². The lowest BCUT2D eigenvalue weighted by molar-refractivity contribution is -0.153. The Morgan fingerprint density at radius 1 is 1.12 bits per heavy atom. The summed E-state index contributed by atoms with van der Waals surface area (Å²) < 4.78 is 13.3. The summed E-state index contributed by atoms with van der Waals surface area (Å²) in [7, 11) is 0. The van der Waals surface area contributed by atoms with Gasteiger partial charge >= 0.3 is 5.97 Å². The van der Waals surface area contributed by atoms with E-state index in [-0.39, 0.29) is 12.6 Å². The molecule has 1 fully saturated rings. The van der Waals surface area contributed by atoms with Crippen molar-refractivity contribution in [3.8, 4) is 5.82 Å². The van der Waals surface area contributed by atoms with Crippen molar-refractivity contribution in [2.45, 2.75) is 18.8 Å². The van der Waals surface area contributed by atoms with Gasteiger partial charge in [-0.3, -0.25) is 14.7 Å². The maximum absolute atomic E-state index is 12.7. The van der Waals surface area contributed by atoms with Gasteiger partial charge in [-0.1, -0.05) is 42.5 Å². The van der Waals surface area contributed by atoms with Crippen LogP contribution in [0.2, 0.25) is 0 Å². The molecule has 2 atom stereocenters. The van der Waals surface area contributed by atoms with Crippen LogP contribution in [0.5, 0.6) is 0 Å². The number of imidazole rings is 1. The van der Waals surface area contributed by atoms with E-state index in [0.717, 1.165) is 16.6 Å². The Morgan fingerprint density at radius 2 is 1.97 bits per heavy atom. The zero-order valence-electron chi connectivity index (χ0n) is 17.9. The van der Waals surface area contributed by atoms with Gasteiger partial charge in [0.05, 0.1) is 17.6 Å². The first-order chi connectivity index (χ1) is 16.3. The van der Waals surface area contributed by atoms with E-state index < -0.39 is 12.1 Å². The van der Waals surface area contributed by atoms with Crippen LogP contribution >= 0.6 is 0 Å². The molecule has 1 saturated heterocycles. The van der Waals surface area contributed by atoms with E-state index in [1.807, 2.05) is 65.2 Å². The molecule has 4 aromatic rings. The predicted molar refractivity (Wildman–Crippen MR) is 123 cm³/mol. The largest absolute Gasteiger partial charge is 0.460 e. The molecular formula is C24H24N6O3. The number of carbonyl (C=O) groups is 1. The summed E-state index contributed by atoms with van der Waals surface area (Å²) in [4.78, 5) is 26.0. The second-order valence-corrected chi connectivity index (χ2v) is 7.66. The van der Waals surface area contributed by atoms with Crippen molar-refractivity contribution >= 4 is 23.0 Å². The number of benzene rings is 2. The molecule has 2 aromatic heterocycles. The molecule has 1 aliphatic heterocycles. The molecule has 0 aliphatic carbocycles. The Bertz CT molecular complexity index is 1230. The Hall–Kier alpha value is -3.82. The van der Waals surface area contributed by atoms with E-state index >= 15 is 0 Å². The van der Waals surface area contributed by atoms with Crippen LogP contribution in [0.25, 0.3) is 16.9 Å². The molecule has 0 bridgehead atoms. The van der Waals surface area contributed by atoms with Crippen molar-refractivity contribution in [1.29, 1.82) is 0 Å². The van der Waals surface area contributed by atoms with Gasteiger partial charge in [-0.05, 0) is 23.8 Å². The monoisotopic (exact) mass is 444 g/mol. The van der Waals surface area contributed by atoms with Gasteiger partial charge in [0.1, 0.15) is 30.9 Å². The number of anilines is 1. The fraction of sp³-hybridized carbons (Fsp3) is 0.250. The summed E-state index contributed by atoms with van der Waals surface area (Å²) in [6, 6.07) is 18.7. The van der Waals surface area contributed by atoms with E-state index in [4.69, 9.17) is 9.47 Å². The van der Waals surface area contributed by atoms with Crippen molar-refractivity contribution < 1.29 is 14.3 Å². The molecule has 0 spiro atoms. The summed E-state index contributed by atoms with van der Waals surface area (Å²) >= 11 is 0. The molecule has 0 amide bonds. The highest BCUT2D eigenvalue weighted by Gasteiger charge is 2.33. The second kappa shape index (κ2) is 9.76. The molecule has 9 heteroatoms. The quantitative estimate of drug-likeness (QED) is 0.419. The third kappa shape index (κ3) is 4.84. The molecule has 33 heavy (non-hydrogen) atoms. The van der Waals surface area contributed by atoms with Crippen molar-refractivity contribution in [2.75, 3.05) is 25.0 Å². The molecule has 2 aromatic carbocycles. The molecular weight excluding hydrogens is 420 g/mol. The van der Waals surface area contributed by atoms with Crippen molar-refractivity contribution in [3.63, 3.8) is 0 Å². The molecule has 3 heterocycles. The summed E-state index contributed by atoms with van der Waals surface area (Å²) in [5.74, 6) is 0.795. The Balaban J connectivity index is 1.24. The Labute approximate surface area is 190 Å². The van der Waals surface area contributed by atoms with Crippen LogP contribution in [0.3, 0.4) is 0 Å². The third-order valence-electron chi connectivity index (χ3n) is 5.45. The highest BCUT2D eigenvalue weighted by Crippen LogP contribution is 2.17. The average Bonchev–Trinajstić information content (AvgIpc) is 3.31. The summed E-state index contributed by atoms with van der Waals surface area (Å²) in [5, 5.41) is 6.40. The van der Waals surface area contributed by atoms with Crippen LogP contribution in [0, 0.1) is 0 Å². The van der Waals surface area contributed by atoms with Gasteiger partial charge in [-0.15, -0.1) is 0 Å². The van der Waals surface area contributed by atoms with Crippen LogP contribution in [0.1, 0.15) is 5.56 Å². The number of para-hydroxylation sites is 2. The number of esters is 1. The van der Waals surface area contributed by atoms with Crippen LogP contribution in [-0.2, 0) is 20.9 Å². The number of nitrogens with one attached hydrogen (secondary N) is 2. The summed E-state index contributed by atoms with van der Waals surface area (Å²) in [5.41, 5.74) is 2.79. The van der Waals surface area contributed by atoms with Gasteiger partial charge in [0, 0.05) is 19.3 Å². The molecule has 0 saturated carbocycles. The van der Waals surface area contributed by atoms with E-state index in [1.54, 1.807) is 12.5 Å². The first-order valence-corrected chi connectivity index (χ1v) is 10.8. The molecule has 2 unspecified atom stereocenters. The SMILES string of the molecule is O=C(OCc1ccccc1)C1NCCOC1CNc1nccc(-n2cnc3ccccc32)n1. The predicted octanol–water partition coefficient (Wildman–Crippen LogP) is 2.33. The third-order valence-corrected chi connectivity index (χ3v) is 5.45. The lowest BCUT2D eigenvalue weighted by atomic mass is 10.1. The molecule has 168 valence electrons. The molecule has 9 nitrogen and oxygen atoms in total. The van der Waals surface area contributed by atoms with Crippen LogP contribution in [-0.4, -0.2) is 57.3 Å². The average molecular weight is 444 g/mol. The number of hydrogen-bond acceptors (Lipinski definition) is 8. The number of carbonyl (C=O) groups excluding carboxylic acids is 1. The van der Waals surface area contributed by atoms with Crippen LogP contribution < -0.4 is 10.6 Å². The summed E-state index contributed by atoms with van der Waals surface area (Å²) in [6.45, 7) is 1.67. The minimum absolute atomic E-state index is 0.224. The van der Waals surface area contributed by atoms with E-state index in [0.29, 0.717) is 31.5 Å². The lowest BCUT2D eigenvalue weighted by Crippen LogP contribution is -2.55. The number of aromatic nitrogens is 4. The van der Waals surface area contributed by atoms with Gasteiger partial charge < -0.3 is 14.8 Å². The summed E-state index contributed by atoms with van der Waals surface area (Å²) in [6.07, 6.45) is 3.01. The molecule has 0 radical (unpaired) electrons. The maximum atomic E-state index is 12.7.